The highest BCUT2D eigenvalue weighted by Gasteiger charge is 2.10. The van der Waals surface area contributed by atoms with E-state index in [1.807, 2.05) is 50.1 Å². The van der Waals surface area contributed by atoms with Gasteiger partial charge in [0.05, 0.1) is 19.8 Å². The summed E-state index contributed by atoms with van der Waals surface area (Å²) in [6, 6.07) is 7.97. The van der Waals surface area contributed by atoms with Crippen molar-refractivity contribution in [3.63, 3.8) is 0 Å². The lowest BCUT2D eigenvalue weighted by atomic mass is 10.2. The molecule has 1 aromatic rings. The van der Waals surface area contributed by atoms with Crippen molar-refractivity contribution in [1.29, 1.82) is 0 Å². The minimum Gasteiger partial charge on any atom is -0.494 e. The Balaban J connectivity index is 2.38. The number of hydrogen-bond donors (Lipinski definition) is 1. The van der Waals surface area contributed by atoms with Crippen molar-refractivity contribution in [1.82, 2.24) is 10.2 Å². The lowest BCUT2D eigenvalue weighted by molar-refractivity contribution is -0.123. The van der Waals surface area contributed by atoms with Gasteiger partial charge in [-0.05, 0) is 38.6 Å². The monoisotopic (exact) mass is 294 g/mol. The quantitative estimate of drug-likeness (QED) is 0.753. The van der Waals surface area contributed by atoms with E-state index in [9.17, 15) is 4.79 Å². The number of carbonyl (C=O) groups excluding carboxylic acids is 1. The number of hydrogen-bond acceptors (Lipinski definition) is 4. The normalized spacial score (nSPS) is 12.2. The Hall–Kier alpha value is -1.59. The molecule has 1 rings (SSSR count). The van der Waals surface area contributed by atoms with Gasteiger partial charge < -0.3 is 14.8 Å². The fourth-order valence-corrected chi connectivity index (χ4v) is 2.08. The van der Waals surface area contributed by atoms with Crippen LogP contribution < -0.4 is 10.1 Å². The maximum absolute atomic E-state index is 11.8. The maximum atomic E-state index is 11.8. The first-order valence-electron chi connectivity index (χ1n) is 7.23. The topological polar surface area (TPSA) is 50.8 Å². The fourth-order valence-electron chi connectivity index (χ4n) is 2.08. The molecule has 0 aliphatic rings. The Morgan fingerprint density at radius 2 is 2.00 bits per heavy atom. The number of nitrogens with one attached hydrogen (secondary N) is 1. The Kier molecular flexibility index (Phi) is 7.79. The molecule has 1 aromatic carbocycles. The third-order valence-electron chi connectivity index (χ3n) is 2.92. The second kappa shape index (κ2) is 9.37. The molecule has 0 radical (unpaired) electrons. The minimum absolute atomic E-state index is 0.00739. The number of likely N-dealkylation sites (N-methyl/N-ethyl adjacent to an activating group) is 1. The molecule has 0 bridgehead atoms. The molecule has 0 spiro atoms. The van der Waals surface area contributed by atoms with Crippen molar-refractivity contribution < 1.29 is 14.3 Å². The van der Waals surface area contributed by atoms with Crippen LogP contribution in [0.15, 0.2) is 24.3 Å². The van der Waals surface area contributed by atoms with Gasteiger partial charge in [-0.3, -0.25) is 9.69 Å². The van der Waals surface area contributed by atoms with Gasteiger partial charge in [-0.15, -0.1) is 0 Å². The second-order valence-electron chi connectivity index (χ2n) is 5.17. The van der Waals surface area contributed by atoms with Crippen molar-refractivity contribution in [2.45, 2.75) is 26.4 Å². The van der Waals surface area contributed by atoms with Crippen LogP contribution in [0.4, 0.5) is 0 Å². The van der Waals surface area contributed by atoms with E-state index in [-0.39, 0.29) is 11.9 Å². The summed E-state index contributed by atoms with van der Waals surface area (Å²) in [6.45, 7) is 6.16. The van der Waals surface area contributed by atoms with Crippen LogP contribution in [0.1, 0.15) is 19.4 Å². The lowest BCUT2D eigenvalue weighted by Crippen LogP contribution is -2.41. The van der Waals surface area contributed by atoms with E-state index in [0.717, 1.165) is 17.9 Å². The summed E-state index contributed by atoms with van der Waals surface area (Å²) in [4.78, 5) is 13.8. The zero-order valence-corrected chi connectivity index (χ0v) is 13.4. The van der Waals surface area contributed by atoms with E-state index >= 15 is 0 Å². The zero-order valence-electron chi connectivity index (χ0n) is 13.4. The molecule has 5 nitrogen and oxygen atoms in total. The molecule has 1 amide bonds. The van der Waals surface area contributed by atoms with Crippen LogP contribution >= 0.6 is 0 Å². The number of methoxy groups -OCH3 is 1. The van der Waals surface area contributed by atoms with Gasteiger partial charge in [-0.25, -0.2) is 0 Å². The molecular weight excluding hydrogens is 268 g/mol. The SMILES string of the molecule is CCOc1ccc(CN(C)CC(=O)NC(C)COC)cc1. The van der Waals surface area contributed by atoms with E-state index in [4.69, 9.17) is 9.47 Å². The minimum atomic E-state index is 0.00739. The van der Waals surface area contributed by atoms with E-state index in [0.29, 0.717) is 19.8 Å². The molecule has 21 heavy (non-hydrogen) atoms. The van der Waals surface area contributed by atoms with Gasteiger partial charge in [-0.1, -0.05) is 12.1 Å². The lowest BCUT2D eigenvalue weighted by Gasteiger charge is -2.19. The fraction of sp³-hybridized carbons (Fsp3) is 0.562. The summed E-state index contributed by atoms with van der Waals surface area (Å²) < 4.78 is 10.4. The van der Waals surface area contributed by atoms with E-state index in [1.165, 1.54) is 0 Å². The molecule has 0 heterocycles. The predicted molar refractivity (Wildman–Crippen MR) is 83.4 cm³/mol. The van der Waals surface area contributed by atoms with Crippen LogP contribution in [-0.4, -0.2) is 50.8 Å². The third-order valence-corrected chi connectivity index (χ3v) is 2.92. The maximum Gasteiger partial charge on any atom is 0.234 e. The number of amides is 1. The first-order valence-corrected chi connectivity index (χ1v) is 7.23. The first-order chi connectivity index (χ1) is 10.0. The molecule has 0 aliphatic carbocycles. The van der Waals surface area contributed by atoms with Gasteiger partial charge in [-0.2, -0.15) is 0 Å². The van der Waals surface area contributed by atoms with Gasteiger partial charge in [0.25, 0.3) is 0 Å². The zero-order chi connectivity index (χ0) is 15.7. The van der Waals surface area contributed by atoms with Gasteiger partial charge in [0.15, 0.2) is 0 Å². The number of carbonyl (C=O) groups is 1. The van der Waals surface area contributed by atoms with Crippen molar-refractivity contribution in [2.24, 2.45) is 0 Å². The molecule has 1 unspecified atom stereocenters. The Morgan fingerprint density at radius 3 is 2.57 bits per heavy atom. The summed E-state index contributed by atoms with van der Waals surface area (Å²) in [5.41, 5.74) is 1.15. The Labute approximate surface area is 127 Å². The third kappa shape index (κ3) is 7.11. The smallest absolute Gasteiger partial charge is 0.234 e. The average Bonchev–Trinajstić information content (AvgIpc) is 2.41. The summed E-state index contributed by atoms with van der Waals surface area (Å²) in [7, 11) is 3.55. The van der Waals surface area contributed by atoms with Crippen LogP contribution in [0.2, 0.25) is 0 Å². The van der Waals surface area contributed by atoms with Gasteiger partial charge >= 0.3 is 0 Å². The van der Waals surface area contributed by atoms with E-state index in [2.05, 4.69) is 5.32 Å². The van der Waals surface area contributed by atoms with Gasteiger partial charge in [0.2, 0.25) is 5.91 Å². The molecule has 118 valence electrons. The Bertz CT molecular complexity index is 420. The highest BCUT2D eigenvalue weighted by atomic mass is 16.5. The highest BCUT2D eigenvalue weighted by molar-refractivity contribution is 5.78. The highest BCUT2D eigenvalue weighted by Crippen LogP contribution is 2.13. The molecule has 5 heteroatoms. The molecular formula is C16H26N2O3. The van der Waals surface area contributed by atoms with E-state index < -0.39 is 0 Å². The van der Waals surface area contributed by atoms with Crippen molar-refractivity contribution in [2.75, 3.05) is 33.9 Å². The van der Waals surface area contributed by atoms with Crippen molar-refractivity contribution >= 4 is 5.91 Å². The number of benzene rings is 1. The summed E-state index contributed by atoms with van der Waals surface area (Å²) in [6.07, 6.45) is 0. The molecule has 0 aromatic heterocycles. The summed E-state index contributed by atoms with van der Waals surface area (Å²) in [5.74, 6) is 0.878. The van der Waals surface area contributed by atoms with E-state index in [1.54, 1.807) is 7.11 Å². The van der Waals surface area contributed by atoms with Gasteiger partial charge in [0, 0.05) is 19.7 Å². The summed E-state index contributed by atoms with van der Waals surface area (Å²) in [5, 5.41) is 2.90. The molecule has 0 fully saturated rings. The second-order valence-corrected chi connectivity index (χ2v) is 5.17. The Morgan fingerprint density at radius 1 is 1.33 bits per heavy atom. The van der Waals surface area contributed by atoms with Gasteiger partial charge in [0.1, 0.15) is 5.75 Å². The average molecular weight is 294 g/mol. The van der Waals surface area contributed by atoms with Crippen LogP contribution in [0, 0.1) is 0 Å². The van der Waals surface area contributed by atoms with Crippen LogP contribution in [0.3, 0.4) is 0 Å². The van der Waals surface area contributed by atoms with Crippen LogP contribution in [0.25, 0.3) is 0 Å². The van der Waals surface area contributed by atoms with Crippen LogP contribution in [0.5, 0.6) is 5.75 Å². The molecule has 1 N–H and O–H groups in total. The molecule has 1 atom stereocenters. The first kappa shape index (κ1) is 17.5. The predicted octanol–water partition coefficient (Wildman–Crippen LogP) is 1.67. The van der Waals surface area contributed by atoms with Crippen molar-refractivity contribution in [3.05, 3.63) is 29.8 Å². The summed E-state index contributed by atoms with van der Waals surface area (Å²) >= 11 is 0. The molecule has 0 saturated heterocycles. The standard InChI is InChI=1S/C16H26N2O3/c1-5-21-15-8-6-14(7-9-15)10-18(3)11-16(19)17-13(2)12-20-4/h6-9,13H,5,10-12H2,1-4H3,(H,17,19). The molecule has 0 saturated carbocycles. The number of ether oxygens (including phenoxy) is 2. The number of rotatable bonds is 9. The largest absolute Gasteiger partial charge is 0.494 e. The van der Waals surface area contributed by atoms with Crippen molar-refractivity contribution in [3.8, 4) is 5.75 Å². The number of nitrogens with zero attached hydrogens (tertiary/aromatic N) is 1. The van der Waals surface area contributed by atoms with Crippen LogP contribution in [-0.2, 0) is 16.1 Å². The molecule has 0 aliphatic heterocycles.